The number of carbonyl (C=O) groups is 1. The molecule has 3 unspecified atom stereocenters. The zero-order valence-corrected chi connectivity index (χ0v) is 11.2. The lowest BCUT2D eigenvalue weighted by molar-refractivity contribution is 0.0693. The fourth-order valence-electron chi connectivity index (χ4n) is 2.55. The van der Waals surface area contributed by atoms with E-state index in [0.717, 1.165) is 25.3 Å². The predicted octanol–water partition coefficient (Wildman–Crippen LogP) is 3.73. The second-order valence-corrected chi connectivity index (χ2v) is 5.49. The summed E-state index contributed by atoms with van der Waals surface area (Å²) in [6.45, 7) is 4.42. The summed E-state index contributed by atoms with van der Waals surface area (Å²) in [5.41, 5.74) is -0.0766. The Kier molecular flexibility index (Phi) is 4.08. The Morgan fingerprint density at radius 3 is 2.63 bits per heavy atom. The molecule has 104 valence electrons. The van der Waals surface area contributed by atoms with Crippen molar-refractivity contribution in [2.24, 2.45) is 11.8 Å². The van der Waals surface area contributed by atoms with Gasteiger partial charge in [-0.25, -0.2) is 9.18 Å². The molecular weight excluding hydrogens is 247 g/mol. The number of carboxylic acid groups (broad SMARTS) is 1. The molecule has 4 heteroatoms. The minimum Gasteiger partial charge on any atom is -0.490 e. The van der Waals surface area contributed by atoms with Crippen molar-refractivity contribution in [3.05, 3.63) is 29.6 Å². The lowest BCUT2D eigenvalue weighted by Crippen LogP contribution is -2.28. The van der Waals surface area contributed by atoms with Crippen molar-refractivity contribution in [1.29, 1.82) is 0 Å². The summed E-state index contributed by atoms with van der Waals surface area (Å²) in [6, 6.07) is 3.63. The van der Waals surface area contributed by atoms with E-state index in [4.69, 9.17) is 9.84 Å². The van der Waals surface area contributed by atoms with E-state index >= 15 is 0 Å². The van der Waals surface area contributed by atoms with Crippen LogP contribution in [0.2, 0.25) is 0 Å². The molecule has 0 spiro atoms. The minimum absolute atomic E-state index is 0.0506. The summed E-state index contributed by atoms with van der Waals surface area (Å²) in [7, 11) is 0. The smallest absolute Gasteiger partial charge is 0.335 e. The molecule has 1 aromatic carbocycles. The number of halogens is 1. The Bertz CT molecular complexity index is 472. The standard InChI is InChI=1S/C15H19FO3/c1-9-3-4-13(5-10(9)2)19-14-7-11(15(17)18)6-12(16)8-14/h6-10,13H,3-5H2,1-2H3,(H,17,18). The van der Waals surface area contributed by atoms with Crippen LogP contribution < -0.4 is 4.74 Å². The first kappa shape index (κ1) is 13.8. The lowest BCUT2D eigenvalue weighted by atomic mass is 9.80. The van der Waals surface area contributed by atoms with Crippen LogP contribution in [0.25, 0.3) is 0 Å². The molecule has 1 aliphatic rings. The Balaban J connectivity index is 2.09. The molecule has 0 bridgehead atoms. The maximum atomic E-state index is 13.3. The third kappa shape index (κ3) is 3.46. The van der Waals surface area contributed by atoms with Gasteiger partial charge in [-0.15, -0.1) is 0 Å². The predicted molar refractivity (Wildman–Crippen MR) is 70.0 cm³/mol. The fraction of sp³-hybridized carbons (Fsp3) is 0.533. The molecule has 3 nitrogen and oxygen atoms in total. The van der Waals surface area contributed by atoms with Gasteiger partial charge in [0.25, 0.3) is 0 Å². The van der Waals surface area contributed by atoms with E-state index in [9.17, 15) is 9.18 Å². The van der Waals surface area contributed by atoms with Crippen molar-refractivity contribution in [3.63, 3.8) is 0 Å². The van der Waals surface area contributed by atoms with Gasteiger partial charge < -0.3 is 9.84 Å². The van der Waals surface area contributed by atoms with Gasteiger partial charge in [0.05, 0.1) is 11.7 Å². The van der Waals surface area contributed by atoms with Gasteiger partial charge in [0.15, 0.2) is 0 Å². The van der Waals surface area contributed by atoms with E-state index in [-0.39, 0.29) is 11.7 Å². The molecule has 3 atom stereocenters. The quantitative estimate of drug-likeness (QED) is 0.906. The second-order valence-electron chi connectivity index (χ2n) is 5.49. The van der Waals surface area contributed by atoms with Crippen molar-refractivity contribution in [2.45, 2.75) is 39.2 Å². The molecule has 1 N–H and O–H groups in total. The van der Waals surface area contributed by atoms with Crippen molar-refractivity contribution in [2.75, 3.05) is 0 Å². The summed E-state index contributed by atoms with van der Waals surface area (Å²) in [4.78, 5) is 10.9. The number of carboxylic acids is 1. The molecule has 19 heavy (non-hydrogen) atoms. The van der Waals surface area contributed by atoms with Crippen LogP contribution in [-0.2, 0) is 0 Å². The number of hydrogen-bond donors (Lipinski definition) is 1. The van der Waals surface area contributed by atoms with E-state index in [1.807, 2.05) is 0 Å². The zero-order chi connectivity index (χ0) is 14.0. The topological polar surface area (TPSA) is 46.5 Å². The molecule has 0 heterocycles. The first-order chi connectivity index (χ1) is 8.95. The second kappa shape index (κ2) is 5.59. The molecule has 1 aliphatic carbocycles. The monoisotopic (exact) mass is 266 g/mol. The van der Waals surface area contributed by atoms with Gasteiger partial charge in [-0.05, 0) is 43.2 Å². The third-order valence-electron chi connectivity index (χ3n) is 3.97. The largest absolute Gasteiger partial charge is 0.490 e. The summed E-state index contributed by atoms with van der Waals surface area (Å²) in [5, 5.41) is 8.89. The first-order valence-corrected chi connectivity index (χ1v) is 6.66. The summed E-state index contributed by atoms with van der Waals surface area (Å²) < 4.78 is 19.1. The molecule has 0 aromatic heterocycles. The Labute approximate surface area is 112 Å². The molecule has 0 aliphatic heterocycles. The Hall–Kier alpha value is -1.58. The summed E-state index contributed by atoms with van der Waals surface area (Å²) >= 11 is 0. The first-order valence-electron chi connectivity index (χ1n) is 6.66. The van der Waals surface area contributed by atoms with Crippen LogP contribution in [-0.4, -0.2) is 17.2 Å². The highest BCUT2D eigenvalue weighted by Crippen LogP contribution is 2.32. The molecule has 0 saturated heterocycles. The summed E-state index contributed by atoms with van der Waals surface area (Å²) in [5.74, 6) is -0.153. The van der Waals surface area contributed by atoms with Crippen molar-refractivity contribution >= 4 is 5.97 Å². The van der Waals surface area contributed by atoms with E-state index in [2.05, 4.69) is 13.8 Å². The number of benzene rings is 1. The van der Waals surface area contributed by atoms with Crippen LogP contribution in [0.5, 0.6) is 5.75 Å². The van der Waals surface area contributed by atoms with E-state index < -0.39 is 11.8 Å². The normalized spacial score (nSPS) is 27.0. The lowest BCUT2D eigenvalue weighted by Gasteiger charge is -2.32. The van der Waals surface area contributed by atoms with E-state index in [1.54, 1.807) is 0 Å². The summed E-state index contributed by atoms with van der Waals surface area (Å²) in [6.07, 6.45) is 3.01. The highest BCUT2D eigenvalue weighted by molar-refractivity contribution is 5.88. The Morgan fingerprint density at radius 2 is 2.00 bits per heavy atom. The fourth-order valence-corrected chi connectivity index (χ4v) is 2.55. The van der Waals surface area contributed by atoms with Crippen LogP contribution >= 0.6 is 0 Å². The molecule has 0 radical (unpaired) electrons. The van der Waals surface area contributed by atoms with Crippen LogP contribution in [0.1, 0.15) is 43.5 Å². The average Bonchev–Trinajstić information content (AvgIpc) is 2.33. The van der Waals surface area contributed by atoms with Gasteiger partial charge in [-0.3, -0.25) is 0 Å². The Morgan fingerprint density at radius 1 is 1.26 bits per heavy atom. The highest BCUT2D eigenvalue weighted by Gasteiger charge is 2.26. The minimum atomic E-state index is -1.14. The number of ether oxygens (including phenoxy) is 1. The van der Waals surface area contributed by atoms with Gasteiger partial charge >= 0.3 is 5.97 Å². The number of rotatable bonds is 3. The van der Waals surface area contributed by atoms with Crippen LogP contribution in [0.3, 0.4) is 0 Å². The van der Waals surface area contributed by atoms with Crippen molar-refractivity contribution in [3.8, 4) is 5.75 Å². The van der Waals surface area contributed by atoms with Crippen LogP contribution in [0.15, 0.2) is 18.2 Å². The maximum Gasteiger partial charge on any atom is 0.335 e. The maximum absolute atomic E-state index is 13.3. The van der Waals surface area contributed by atoms with Crippen LogP contribution in [0.4, 0.5) is 4.39 Å². The van der Waals surface area contributed by atoms with Crippen molar-refractivity contribution < 1.29 is 19.0 Å². The van der Waals surface area contributed by atoms with E-state index in [1.165, 1.54) is 12.1 Å². The molecule has 1 saturated carbocycles. The number of hydrogen-bond acceptors (Lipinski definition) is 2. The number of aromatic carboxylic acids is 1. The van der Waals surface area contributed by atoms with Gasteiger partial charge in [-0.1, -0.05) is 13.8 Å². The highest BCUT2D eigenvalue weighted by atomic mass is 19.1. The molecule has 0 amide bonds. The molecule has 1 aromatic rings. The molecule has 1 fully saturated rings. The van der Waals surface area contributed by atoms with Gasteiger partial charge in [0.2, 0.25) is 0 Å². The van der Waals surface area contributed by atoms with Gasteiger partial charge in [0.1, 0.15) is 11.6 Å². The van der Waals surface area contributed by atoms with Crippen LogP contribution in [0, 0.1) is 17.7 Å². The van der Waals surface area contributed by atoms with Crippen molar-refractivity contribution in [1.82, 2.24) is 0 Å². The average molecular weight is 266 g/mol. The van der Waals surface area contributed by atoms with E-state index in [0.29, 0.717) is 17.6 Å². The molecule has 2 rings (SSSR count). The SMILES string of the molecule is CC1CCC(Oc2cc(F)cc(C(=O)O)c2)CC1C. The zero-order valence-electron chi connectivity index (χ0n) is 11.2. The third-order valence-corrected chi connectivity index (χ3v) is 3.97. The van der Waals surface area contributed by atoms with Gasteiger partial charge in [-0.2, -0.15) is 0 Å². The van der Waals surface area contributed by atoms with Gasteiger partial charge in [0, 0.05) is 6.07 Å². The molecular formula is C15H19FO3.